The van der Waals surface area contributed by atoms with Crippen molar-refractivity contribution in [2.45, 2.75) is 33.1 Å². The van der Waals surface area contributed by atoms with E-state index in [9.17, 15) is 0 Å². The van der Waals surface area contributed by atoms with E-state index in [-0.39, 0.29) is 0 Å². The number of rotatable bonds is 6. The Hall–Kier alpha value is -0.0800. The van der Waals surface area contributed by atoms with Gasteiger partial charge in [-0.15, -0.1) is 0 Å². The minimum Gasteiger partial charge on any atom is -0.366 e. The standard InChI is InChI=1S/C8H19NO/c1-3-4-5-8(2)6-10-7-9/h8H,3-7,9H2,1-2H3. The van der Waals surface area contributed by atoms with Gasteiger partial charge >= 0.3 is 0 Å². The molecule has 0 rings (SSSR count). The van der Waals surface area contributed by atoms with Gasteiger partial charge in [0.15, 0.2) is 0 Å². The first kappa shape index (κ1) is 9.92. The van der Waals surface area contributed by atoms with Crippen LogP contribution in [0.5, 0.6) is 0 Å². The van der Waals surface area contributed by atoms with Gasteiger partial charge in [-0.1, -0.05) is 26.7 Å². The summed E-state index contributed by atoms with van der Waals surface area (Å²) in [5, 5.41) is 0. The maximum Gasteiger partial charge on any atom is 0.0940 e. The van der Waals surface area contributed by atoms with Gasteiger partial charge < -0.3 is 10.5 Å². The molecule has 0 bridgehead atoms. The summed E-state index contributed by atoms with van der Waals surface area (Å²) in [6.45, 7) is 5.58. The summed E-state index contributed by atoms with van der Waals surface area (Å²) < 4.78 is 5.07. The molecule has 0 saturated heterocycles. The molecular formula is C8H19NO. The maximum absolute atomic E-state index is 5.18. The van der Waals surface area contributed by atoms with E-state index in [1.54, 1.807) is 0 Å². The second-order valence-electron chi connectivity index (χ2n) is 2.78. The third kappa shape index (κ3) is 6.05. The summed E-state index contributed by atoms with van der Waals surface area (Å²) in [6, 6.07) is 0. The summed E-state index contributed by atoms with van der Waals surface area (Å²) in [7, 11) is 0. The molecule has 0 aliphatic rings. The molecule has 1 unspecified atom stereocenters. The zero-order valence-corrected chi connectivity index (χ0v) is 7.10. The van der Waals surface area contributed by atoms with Gasteiger partial charge in [-0.3, -0.25) is 0 Å². The number of hydrogen-bond acceptors (Lipinski definition) is 2. The third-order valence-corrected chi connectivity index (χ3v) is 1.57. The van der Waals surface area contributed by atoms with Crippen LogP contribution < -0.4 is 5.73 Å². The fourth-order valence-electron chi connectivity index (χ4n) is 0.905. The number of hydrogen-bond donors (Lipinski definition) is 1. The third-order valence-electron chi connectivity index (χ3n) is 1.57. The van der Waals surface area contributed by atoms with Gasteiger partial charge in [0.2, 0.25) is 0 Å². The molecule has 10 heavy (non-hydrogen) atoms. The first-order chi connectivity index (χ1) is 4.81. The van der Waals surface area contributed by atoms with E-state index in [4.69, 9.17) is 10.5 Å². The molecule has 0 fully saturated rings. The summed E-state index contributed by atoms with van der Waals surface area (Å²) in [6.07, 6.45) is 3.83. The SMILES string of the molecule is CCCCC(C)COCN. The van der Waals surface area contributed by atoms with Crippen molar-refractivity contribution in [2.75, 3.05) is 13.3 Å². The fourth-order valence-corrected chi connectivity index (χ4v) is 0.905. The number of unbranched alkanes of at least 4 members (excludes halogenated alkanes) is 1. The highest BCUT2D eigenvalue weighted by Gasteiger charge is 1.99. The Morgan fingerprint density at radius 3 is 2.70 bits per heavy atom. The molecule has 0 aliphatic carbocycles. The lowest BCUT2D eigenvalue weighted by Crippen LogP contribution is -2.11. The first-order valence-electron chi connectivity index (χ1n) is 4.09. The number of ether oxygens (including phenoxy) is 1. The summed E-state index contributed by atoms with van der Waals surface area (Å²) >= 11 is 0. The highest BCUT2D eigenvalue weighted by Crippen LogP contribution is 2.06. The molecular weight excluding hydrogens is 126 g/mol. The topological polar surface area (TPSA) is 35.2 Å². The van der Waals surface area contributed by atoms with Crippen molar-refractivity contribution >= 4 is 0 Å². The van der Waals surface area contributed by atoms with Gasteiger partial charge in [-0.2, -0.15) is 0 Å². The predicted octanol–water partition coefficient (Wildman–Crippen LogP) is 1.75. The Bertz CT molecular complexity index is 58.3. The molecule has 0 aromatic rings. The van der Waals surface area contributed by atoms with Crippen LogP contribution in [0.15, 0.2) is 0 Å². The van der Waals surface area contributed by atoms with Crippen molar-refractivity contribution in [3.8, 4) is 0 Å². The molecule has 2 nitrogen and oxygen atoms in total. The van der Waals surface area contributed by atoms with Crippen LogP contribution in [-0.2, 0) is 4.74 Å². The van der Waals surface area contributed by atoms with Crippen molar-refractivity contribution in [2.24, 2.45) is 11.7 Å². The molecule has 0 aliphatic heterocycles. The van der Waals surface area contributed by atoms with Crippen LogP contribution in [0.3, 0.4) is 0 Å². The molecule has 0 saturated carbocycles. The normalized spacial score (nSPS) is 13.5. The van der Waals surface area contributed by atoms with E-state index in [1.165, 1.54) is 19.3 Å². The van der Waals surface area contributed by atoms with Gasteiger partial charge in [-0.05, 0) is 12.3 Å². The van der Waals surface area contributed by atoms with E-state index in [0.29, 0.717) is 12.6 Å². The van der Waals surface area contributed by atoms with Gasteiger partial charge in [0, 0.05) is 0 Å². The van der Waals surface area contributed by atoms with Crippen LogP contribution in [0.1, 0.15) is 33.1 Å². The first-order valence-corrected chi connectivity index (χ1v) is 4.09. The highest BCUT2D eigenvalue weighted by molar-refractivity contribution is 4.49. The van der Waals surface area contributed by atoms with Crippen molar-refractivity contribution in [1.82, 2.24) is 0 Å². The van der Waals surface area contributed by atoms with E-state index >= 15 is 0 Å². The zero-order valence-electron chi connectivity index (χ0n) is 7.10. The Balaban J connectivity index is 3.00. The molecule has 0 radical (unpaired) electrons. The molecule has 0 amide bonds. The highest BCUT2D eigenvalue weighted by atomic mass is 16.5. The summed E-state index contributed by atoms with van der Waals surface area (Å²) in [5.41, 5.74) is 5.18. The second-order valence-corrected chi connectivity index (χ2v) is 2.78. The monoisotopic (exact) mass is 145 g/mol. The molecule has 2 heteroatoms. The Kier molecular flexibility index (Phi) is 6.98. The lowest BCUT2D eigenvalue weighted by Gasteiger charge is -2.09. The Morgan fingerprint density at radius 2 is 2.20 bits per heavy atom. The molecule has 2 N–H and O–H groups in total. The molecule has 0 spiro atoms. The van der Waals surface area contributed by atoms with Crippen LogP contribution in [0.4, 0.5) is 0 Å². The minimum absolute atomic E-state index is 0.358. The Morgan fingerprint density at radius 1 is 1.50 bits per heavy atom. The smallest absolute Gasteiger partial charge is 0.0940 e. The molecule has 0 heterocycles. The van der Waals surface area contributed by atoms with Crippen LogP contribution in [-0.4, -0.2) is 13.3 Å². The van der Waals surface area contributed by atoms with E-state index in [1.807, 2.05) is 0 Å². The van der Waals surface area contributed by atoms with Crippen molar-refractivity contribution < 1.29 is 4.74 Å². The van der Waals surface area contributed by atoms with Crippen molar-refractivity contribution in [1.29, 1.82) is 0 Å². The van der Waals surface area contributed by atoms with E-state index in [0.717, 1.165) is 6.61 Å². The second kappa shape index (κ2) is 7.03. The average molecular weight is 145 g/mol. The molecule has 0 aromatic heterocycles. The maximum atomic E-state index is 5.18. The number of nitrogens with two attached hydrogens (primary N) is 1. The minimum atomic E-state index is 0.358. The molecule has 0 aromatic carbocycles. The van der Waals surface area contributed by atoms with Crippen LogP contribution >= 0.6 is 0 Å². The Labute approximate surface area is 63.7 Å². The average Bonchev–Trinajstić information content (AvgIpc) is 1.97. The van der Waals surface area contributed by atoms with Crippen molar-refractivity contribution in [3.63, 3.8) is 0 Å². The van der Waals surface area contributed by atoms with Crippen LogP contribution in [0, 0.1) is 5.92 Å². The van der Waals surface area contributed by atoms with Gasteiger partial charge in [0.1, 0.15) is 0 Å². The predicted molar refractivity (Wildman–Crippen MR) is 43.7 cm³/mol. The zero-order chi connectivity index (χ0) is 7.82. The van der Waals surface area contributed by atoms with Gasteiger partial charge in [0.05, 0.1) is 13.3 Å². The van der Waals surface area contributed by atoms with E-state index < -0.39 is 0 Å². The summed E-state index contributed by atoms with van der Waals surface area (Å²) in [5.74, 6) is 0.670. The van der Waals surface area contributed by atoms with Gasteiger partial charge in [0.25, 0.3) is 0 Å². The lowest BCUT2D eigenvalue weighted by atomic mass is 10.1. The molecule has 1 atom stereocenters. The largest absolute Gasteiger partial charge is 0.366 e. The van der Waals surface area contributed by atoms with Gasteiger partial charge in [-0.25, -0.2) is 0 Å². The van der Waals surface area contributed by atoms with Crippen molar-refractivity contribution in [3.05, 3.63) is 0 Å². The van der Waals surface area contributed by atoms with E-state index in [2.05, 4.69) is 13.8 Å². The lowest BCUT2D eigenvalue weighted by molar-refractivity contribution is 0.107. The molecule has 62 valence electrons. The summed E-state index contributed by atoms with van der Waals surface area (Å²) in [4.78, 5) is 0. The quantitative estimate of drug-likeness (QED) is 0.578. The van der Waals surface area contributed by atoms with Crippen LogP contribution in [0.25, 0.3) is 0 Å². The fraction of sp³-hybridized carbons (Fsp3) is 1.00. The van der Waals surface area contributed by atoms with Crippen LogP contribution in [0.2, 0.25) is 0 Å².